The highest BCUT2D eigenvalue weighted by Crippen LogP contribution is 2.23. The van der Waals surface area contributed by atoms with Crippen LogP contribution in [0.4, 0.5) is 5.69 Å². The van der Waals surface area contributed by atoms with Crippen molar-refractivity contribution < 1.29 is 33.4 Å². The molecule has 0 aliphatic carbocycles. The zero-order valence-electron chi connectivity index (χ0n) is 15.4. The first kappa shape index (κ1) is 21.0. The maximum atomic E-state index is 8.49. The number of hydrogen-bond acceptors (Lipinski definition) is 7. The van der Waals surface area contributed by atoms with Crippen LogP contribution in [-0.2, 0) is 14.1 Å². The molecule has 0 atom stereocenters. The molecule has 0 saturated heterocycles. The van der Waals surface area contributed by atoms with Crippen molar-refractivity contribution in [3.05, 3.63) is 65.6 Å². The molecule has 150 valence electrons. The number of thiazole rings is 1. The normalized spacial score (nSPS) is 12.6. The van der Waals surface area contributed by atoms with E-state index in [1.54, 1.807) is 11.3 Å². The summed E-state index contributed by atoms with van der Waals surface area (Å²) in [5.74, 6) is 0. The molecule has 0 aliphatic heterocycles. The largest absolute Gasteiger partial charge is 0.318 e. The molecule has 0 bridgehead atoms. The minimum absolute atomic E-state index is 0.816. The zero-order chi connectivity index (χ0) is 21.0. The van der Waals surface area contributed by atoms with E-state index in [1.165, 1.54) is 4.70 Å². The fourth-order valence-corrected chi connectivity index (χ4v) is 3.69. The van der Waals surface area contributed by atoms with Crippen molar-refractivity contribution in [2.45, 2.75) is 0 Å². The third-order valence-corrected chi connectivity index (χ3v) is 5.12. The van der Waals surface area contributed by atoms with Crippen molar-refractivity contribution in [2.75, 3.05) is 0 Å². The average Bonchev–Trinajstić information content (AvgIpc) is 2.99. The van der Waals surface area contributed by atoms with Gasteiger partial charge in [-0.2, -0.15) is 0 Å². The second-order valence-corrected chi connectivity index (χ2v) is 7.67. The molecule has 4 aromatic rings. The van der Waals surface area contributed by atoms with Crippen molar-refractivity contribution in [2.24, 2.45) is 29.5 Å². The number of fused-ring (bicyclic) bond motifs is 2. The third kappa shape index (κ3) is 5.41. The third-order valence-electron chi connectivity index (χ3n) is 4.01. The second kappa shape index (κ2) is 8.74. The average molecular weight is 434 g/mol. The topological polar surface area (TPSA) is 138 Å². The molecule has 11 heteroatoms. The van der Waals surface area contributed by atoms with E-state index < -0.39 is 10.2 Å². The van der Waals surface area contributed by atoms with Gasteiger partial charge in [0.2, 0.25) is 10.3 Å². The van der Waals surface area contributed by atoms with Gasteiger partial charge in [-0.05, 0) is 23.4 Å². The lowest BCUT2D eigenvalue weighted by Crippen LogP contribution is -2.68. The fourth-order valence-electron chi connectivity index (χ4n) is 2.72. The lowest BCUT2D eigenvalue weighted by Gasteiger charge is -2.17. The van der Waals surface area contributed by atoms with Gasteiger partial charge in [0.1, 0.15) is 12.7 Å². The van der Waals surface area contributed by atoms with Crippen molar-refractivity contribution in [3.8, 4) is 0 Å². The van der Waals surface area contributed by atoms with Gasteiger partial charge in [0.05, 0.1) is 15.6 Å². The number of nitrogens with zero attached hydrogens (tertiary/aromatic N) is 5. The maximum absolute atomic E-state index is 8.49. The smallest absolute Gasteiger partial charge is 0.214 e. The molecular weight excluding hydrogens is 418 g/mol. The lowest BCUT2D eigenvalue weighted by molar-refractivity contribution is -2.00. The summed E-state index contributed by atoms with van der Waals surface area (Å²) < 4.78 is 39.3. The predicted octanol–water partition coefficient (Wildman–Crippen LogP) is -0.939. The molecule has 2 aromatic heterocycles. The molecule has 29 heavy (non-hydrogen) atoms. The van der Waals surface area contributed by atoms with Gasteiger partial charge in [-0.1, -0.05) is 35.6 Å². The summed E-state index contributed by atoms with van der Waals surface area (Å²) in [7, 11) is -0.935. The van der Waals surface area contributed by atoms with Crippen LogP contribution in [0, 0.1) is 10.2 Å². The molecule has 0 unspecified atom stereocenters. The Hall–Kier alpha value is -2.73. The standard InChI is InChI=1S/C18H16N5S.ClHO4/c1-22-12-11-14(13-7-3-4-8-15(13)22)19-21-20-18-23(2)16-9-5-6-10-17(16)24-18;2-1(3,4)5/h3-12H,1-2H3;(H,2,3,4,5)/q+1;/p-1. The lowest BCUT2D eigenvalue weighted by atomic mass is 10.2. The minimum Gasteiger partial charge on any atom is -0.318 e. The van der Waals surface area contributed by atoms with Gasteiger partial charge < -0.3 is 4.57 Å². The van der Waals surface area contributed by atoms with Gasteiger partial charge in [0.15, 0.2) is 6.20 Å². The number of hydrogen-bond donors (Lipinski definition) is 0. The van der Waals surface area contributed by atoms with Gasteiger partial charge in [-0.25, -0.2) is 23.2 Å². The van der Waals surface area contributed by atoms with Crippen LogP contribution < -0.4 is 28.0 Å². The van der Waals surface area contributed by atoms with Gasteiger partial charge in [0.25, 0.3) is 0 Å². The Kier molecular flexibility index (Phi) is 6.33. The summed E-state index contributed by atoms with van der Waals surface area (Å²) >= 11 is 1.60. The number of rotatable bonds is 2. The van der Waals surface area contributed by atoms with E-state index >= 15 is 0 Å². The van der Waals surface area contributed by atoms with E-state index in [1.807, 2.05) is 61.3 Å². The van der Waals surface area contributed by atoms with Crippen LogP contribution in [0.25, 0.3) is 21.1 Å². The monoisotopic (exact) mass is 433 g/mol. The summed E-state index contributed by atoms with van der Waals surface area (Å²) in [5, 5.41) is 13.8. The highest BCUT2D eigenvalue weighted by atomic mass is 35.7. The molecule has 9 nitrogen and oxygen atoms in total. The number of aromatic nitrogens is 2. The molecule has 2 aromatic carbocycles. The minimum atomic E-state index is -4.94. The molecule has 0 fully saturated rings. The Bertz CT molecular complexity index is 1240. The van der Waals surface area contributed by atoms with E-state index in [-0.39, 0.29) is 0 Å². The Morgan fingerprint density at radius 1 is 0.966 bits per heavy atom. The molecule has 0 aliphatic rings. The number of benzene rings is 2. The number of halogens is 1. The van der Waals surface area contributed by atoms with E-state index in [9.17, 15) is 0 Å². The van der Waals surface area contributed by atoms with E-state index in [4.69, 9.17) is 18.6 Å². The zero-order valence-corrected chi connectivity index (χ0v) is 17.0. The van der Waals surface area contributed by atoms with Gasteiger partial charge in [-0.15, -0.1) is 20.5 Å². The van der Waals surface area contributed by atoms with Crippen LogP contribution in [0.3, 0.4) is 0 Å². The Morgan fingerprint density at radius 3 is 2.34 bits per heavy atom. The highest BCUT2D eigenvalue weighted by Gasteiger charge is 2.08. The molecular formula is C18H16ClN5O4S. The van der Waals surface area contributed by atoms with Crippen molar-refractivity contribution in [1.29, 1.82) is 0 Å². The summed E-state index contributed by atoms with van der Waals surface area (Å²) in [5.41, 5.74) is 3.08. The van der Waals surface area contributed by atoms with Gasteiger partial charge in [-0.3, -0.25) is 0 Å². The molecule has 0 saturated carbocycles. The number of pyridine rings is 1. The van der Waals surface area contributed by atoms with Crippen molar-refractivity contribution in [3.63, 3.8) is 0 Å². The summed E-state index contributed by atoms with van der Waals surface area (Å²) in [4.78, 5) is 0.825. The quantitative estimate of drug-likeness (QED) is 0.229. The molecule has 2 heterocycles. The Labute approximate surface area is 171 Å². The first-order chi connectivity index (χ1) is 13.7. The van der Waals surface area contributed by atoms with E-state index in [0.29, 0.717) is 0 Å². The summed E-state index contributed by atoms with van der Waals surface area (Å²) in [6, 6.07) is 18.3. The van der Waals surface area contributed by atoms with Gasteiger partial charge >= 0.3 is 0 Å². The Morgan fingerprint density at radius 2 is 1.62 bits per heavy atom. The van der Waals surface area contributed by atoms with Crippen LogP contribution in [0.15, 0.2) is 76.2 Å². The highest BCUT2D eigenvalue weighted by molar-refractivity contribution is 7.16. The first-order valence-electron chi connectivity index (χ1n) is 8.22. The fraction of sp³-hybridized carbons (Fsp3) is 0.111. The maximum Gasteiger partial charge on any atom is 0.214 e. The first-order valence-corrected chi connectivity index (χ1v) is 10.3. The molecule has 0 radical (unpaired) electrons. The second-order valence-electron chi connectivity index (χ2n) is 5.91. The number of aryl methyl sites for hydroxylation is 2. The van der Waals surface area contributed by atoms with Crippen molar-refractivity contribution >= 4 is 38.1 Å². The van der Waals surface area contributed by atoms with Crippen LogP contribution in [0.2, 0.25) is 0 Å². The molecule has 4 rings (SSSR count). The summed E-state index contributed by atoms with van der Waals surface area (Å²) in [6.07, 6.45) is 1.98. The van der Waals surface area contributed by atoms with Crippen molar-refractivity contribution in [1.82, 2.24) is 4.57 Å². The van der Waals surface area contributed by atoms with Gasteiger partial charge in [0, 0.05) is 19.2 Å². The Balaban J connectivity index is 0.000000431. The van der Waals surface area contributed by atoms with Crippen LogP contribution in [0.5, 0.6) is 0 Å². The predicted molar refractivity (Wildman–Crippen MR) is 96.0 cm³/mol. The molecule has 0 N–H and O–H groups in total. The SMILES string of the molecule is Cn1/c(=N\N=Nc2cc[n+](C)c3ccccc23)sc2ccccc21.[O-][Cl+3]([O-])([O-])[O-]. The molecule has 0 amide bonds. The number of para-hydroxylation sites is 2. The summed E-state index contributed by atoms with van der Waals surface area (Å²) in [6.45, 7) is 0. The van der Waals surface area contributed by atoms with Crippen LogP contribution in [0.1, 0.15) is 0 Å². The molecule has 0 spiro atoms. The van der Waals surface area contributed by atoms with Crippen LogP contribution >= 0.6 is 11.3 Å². The van der Waals surface area contributed by atoms with E-state index in [2.05, 4.69) is 38.2 Å². The van der Waals surface area contributed by atoms with E-state index in [0.717, 1.165) is 26.9 Å². The van der Waals surface area contributed by atoms with Crippen LogP contribution in [-0.4, -0.2) is 4.57 Å².